The number of unbranched alkanes of at least 4 members (excludes halogenated alkanes) is 2. The number of nitrogens with one attached hydrogen (secondary N) is 1. The van der Waals surface area contributed by atoms with E-state index in [4.69, 9.17) is 9.47 Å². The smallest absolute Gasteiger partial charge is 0.256 e. The maximum atomic E-state index is 12.9. The summed E-state index contributed by atoms with van der Waals surface area (Å²) in [5.74, 6) is 0.685. The van der Waals surface area contributed by atoms with E-state index in [2.05, 4.69) is 19.2 Å². The second-order valence-corrected chi connectivity index (χ2v) is 7.29. The van der Waals surface area contributed by atoms with Gasteiger partial charge in [-0.25, -0.2) is 0 Å². The largest absolute Gasteiger partial charge is 0.489 e. The zero-order valence-corrected chi connectivity index (χ0v) is 17.4. The number of amides is 1. The molecule has 152 valence electrons. The van der Waals surface area contributed by atoms with Crippen LogP contribution < -0.4 is 10.1 Å². The lowest BCUT2D eigenvalue weighted by Gasteiger charge is -2.28. The van der Waals surface area contributed by atoms with Gasteiger partial charge < -0.3 is 14.8 Å². The highest BCUT2D eigenvalue weighted by molar-refractivity contribution is 5.97. The van der Waals surface area contributed by atoms with Crippen molar-refractivity contribution in [3.8, 4) is 5.75 Å². The van der Waals surface area contributed by atoms with Gasteiger partial charge in [-0.05, 0) is 49.6 Å². The van der Waals surface area contributed by atoms with Gasteiger partial charge in [-0.1, -0.05) is 63.4 Å². The zero-order valence-electron chi connectivity index (χ0n) is 17.4. The number of benzene rings is 2. The van der Waals surface area contributed by atoms with E-state index >= 15 is 0 Å². The van der Waals surface area contributed by atoms with E-state index in [0.29, 0.717) is 13.2 Å². The van der Waals surface area contributed by atoms with Crippen LogP contribution in [0.3, 0.4) is 0 Å². The molecule has 0 saturated heterocycles. The van der Waals surface area contributed by atoms with Gasteiger partial charge in [0.1, 0.15) is 18.0 Å². The molecule has 1 N–H and O–H groups in total. The fourth-order valence-corrected chi connectivity index (χ4v) is 2.93. The van der Waals surface area contributed by atoms with Crippen LogP contribution in [0.5, 0.6) is 5.75 Å². The molecule has 0 aliphatic rings. The van der Waals surface area contributed by atoms with Crippen LogP contribution in [0.15, 0.2) is 54.6 Å². The third kappa shape index (κ3) is 7.01. The summed E-state index contributed by atoms with van der Waals surface area (Å²) in [5, 5.41) is 3.00. The van der Waals surface area contributed by atoms with Gasteiger partial charge in [-0.3, -0.25) is 4.79 Å². The van der Waals surface area contributed by atoms with E-state index in [1.54, 1.807) is 0 Å². The minimum absolute atomic E-state index is 0.0880. The molecule has 0 heterocycles. The molecule has 2 rings (SSSR count). The maximum Gasteiger partial charge on any atom is 0.256 e. The highest BCUT2D eigenvalue weighted by atomic mass is 16.5. The van der Waals surface area contributed by atoms with Crippen LogP contribution in [-0.2, 0) is 16.1 Å². The third-order valence-corrected chi connectivity index (χ3v) is 4.72. The summed E-state index contributed by atoms with van der Waals surface area (Å²) in [7, 11) is 0. The van der Waals surface area contributed by atoms with Gasteiger partial charge in [0.05, 0.1) is 0 Å². The average Bonchev–Trinajstić information content (AvgIpc) is 2.72. The van der Waals surface area contributed by atoms with Crippen molar-refractivity contribution in [3.05, 3.63) is 60.2 Å². The van der Waals surface area contributed by atoms with Gasteiger partial charge >= 0.3 is 0 Å². The summed E-state index contributed by atoms with van der Waals surface area (Å²) < 4.78 is 11.7. The van der Waals surface area contributed by atoms with Crippen molar-refractivity contribution in [1.82, 2.24) is 0 Å². The number of carbonyl (C=O) groups is 1. The number of hydrogen-bond donors (Lipinski definition) is 1. The lowest BCUT2D eigenvalue weighted by atomic mass is 9.96. The summed E-state index contributed by atoms with van der Waals surface area (Å²) >= 11 is 0. The molecule has 0 aliphatic heterocycles. The topological polar surface area (TPSA) is 47.6 Å². The minimum Gasteiger partial charge on any atom is -0.489 e. The molecule has 1 amide bonds. The van der Waals surface area contributed by atoms with Gasteiger partial charge in [0.25, 0.3) is 5.91 Å². The molecule has 2 aromatic rings. The lowest BCUT2D eigenvalue weighted by molar-refractivity contribution is -0.140. The fourth-order valence-electron chi connectivity index (χ4n) is 2.93. The normalized spacial score (nSPS) is 13.0. The Morgan fingerprint density at radius 3 is 2.32 bits per heavy atom. The number of carbonyl (C=O) groups excluding carboxylic acids is 1. The van der Waals surface area contributed by atoms with E-state index in [0.717, 1.165) is 49.1 Å². The Morgan fingerprint density at radius 1 is 0.964 bits per heavy atom. The van der Waals surface area contributed by atoms with Crippen LogP contribution in [0.25, 0.3) is 0 Å². The quantitative estimate of drug-likeness (QED) is 0.459. The predicted molar refractivity (Wildman–Crippen MR) is 115 cm³/mol. The molecule has 0 spiro atoms. The van der Waals surface area contributed by atoms with Crippen LogP contribution in [0.4, 0.5) is 5.69 Å². The highest BCUT2D eigenvalue weighted by Gasteiger charge is 2.33. The van der Waals surface area contributed by atoms with Crippen LogP contribution in [0.1, 0.15) is 58.4 Å². The standard InChI is InChI=1S/C24H33NO3/c1-4-6-10-17-24(3,28-18-5-2)23(26)25-21-13-15-22(16-14-21)27-19-20-11-8-7-9-12-20/h7-9,11-16H,4-6,10,17-19H2,1-3H3,(H,25,26)/t24-/m0/s1. The van der Waals surface area contributed by atoms with Crippen molar-refractivity contribution in [2.45, 2.75) is 65.1 Å². The molecule has 0 saturated carbocycles. The number of ether oxygens (including phenoxy) is 2. The second-order valence-electron chi connectivity index (χ2n) is 7.29. The van der Waals surface area contributed by atoms with Gasteiger partial charge in [0.15, 0.2) is 0 Å². The van der Waals surface area contributed by atoms with Crippen LogP contribution in [0, 0.1) is 0 Å². The van der Waals surface area contributed by atoms with Crippen molar-refractivity contribution in [3.63, 3.8) is 0 Å². The van der Waals surface area contributed by atoms with E-state index in [9.17, 15) is 4.79 Å². The van der Waals surface area contributed by atoms with Gasteiger partial charge in [0.2, 0.25) is 0 Å². The first kappa shape index (κ1) is 22.0. The van der Waals surface area contributed by atoms with Gasteiger partial charge in [-0.2, -0.15) is 0 Å². The van der Waals surface area contributed by atoms with E-state index in [1.165, 1.54) is 0 Å². The van der Waals surface area contributed by atoms with Gasteiger partial charge in [0, 0.05) is 12.3 Å². The molecule has 0 bridgehead atoms. The summed E-state index contributed by atoms with van der Waals surface area (Å²) in [4.78, 5) is 12.9. The van der Waals surface area contributed by atoms with Crippen LogP contribution in [-0.4, -0.2) is 18.1 Å². The third-order valence-electron chi connectivity index (χ3n) is 4.72. The molecule has 28 heavy (non-hydrogen) atoms. The Kier molecular flexibility index (Phi) is 9.02. The van der Waals surface area contributed by atoms with Crippen LogP contribution >= 0.6 is 0 Å². The Morgan fingerprint density at radius 2 is 1.68 bits per heavy atom. The molecule has 0 aromatic heterocycles. The lowest BCUT2D eigenvalue weighted by Crippen LogP contribution is -2.43. The van der Waals surface area contributed by atoms with E-state index < -0.39 is 5.60 Å². The van der Waals surface area contributed by atoms with Crippen molar-refractivity contribution in [2.75, 3.05) is 11.9 Å². The highest BCUT2D eigenvalue weighted by Crippen LogP contribution is 2.24. The summed E-state index contributed by atoms with van der Waals surface area (Å²) in [5.41, 5.74) is 1.07. The monoisotopic (exact) mass is 383 g/mol. The molecule has 2 aromatic carbocycles. The summed E-state index contributed by atoms with van der Waals surface area (Å²) in [6.45, 7) is 7.21. The Hall–Kier alpha value is -2.33. The van der Waals surface area contributed by atoms with E-state index in [-0.39, 0.29) is 5.91 Å². The Balaban J connectivity index is 1.93. The molecule has 0 unspecified atom stereocenters. The Labute approximate surface area is 169 Å². The van der Waals surface area contributed by atoms with E-state index in [1.807, 2.05) is 61.5 Å². The number of hydrogen-bond acceptors (Lipinski definition) is 3. The molecule has 0 radical (unpaired) electrons. The predicted octanol–water partition coefficient (Wildman–Crippen LogP) is 5.97. The minimum atomic E-state index is -0.798. The molecular weight excluding hydrogens is 350 g/mol. The maximum absolute atomic E-state index is 12.9. The van der Waals surface area contributed by atoms with Crippen molar-refractivity contribution >= 4 is 11.6 Å². The average molecular weight is 384 g/mol. The first-order valence-corrected chi connectivity index (χ1v) is 10.3. The first-order valence-electron chi connectivity index (χ1n) is 10.3. The summed E-state index contributed by atoms with van der Waals surface area (Å²) in [6.07, 6.45) is 4.83. The summed E-state index contributed by atoms with van der Waals surface area (Å²) in [6, 6.07) is 17.5. The molecule has 4 heteroatoms. The number of anilines is 1. The van der Waals surface area contributed by atoms with Crippen molar-refractivity contribution < 1.29 is 14.3 Å². The van der Waals surface area contributed by atoms with Crippen molar-refractivity contribution in [1.29, 1.82) is 0 Å². The molecule has 1 atom stereocenters. The SMILES string of the molecule is CCCCC[C@](C)(OCCC)C(=O)Nc1ccc(OCc2ccccc2)cc1. The van der Waals surface area contributed by atoms with Crippen LogP contribution in [0.2, 0.25) is 0 Å². The molecule has 0 fully saturated rings. The van der Waals surface area contributed by atoms with Crippen molar-refractivity contribution in [2.24, 2.45) is 0 Å². The zero-order chi connectivity index (χ0) is 20.2. The first-order chi connectivity index (χ1) is 13.6. The molecular formula is C24H33NO3. The molecule has 0 aliphatic carbocycles. The van der Waals surface area contributed by atoms with Gasteiger partial charge in [-0.15, -0.1) is 0 Å². The second kappa shape index (κ2) is 11.5. The number of rotatable bonds is 12. The fraction of sp³-hybridized carbons (Fsp3) is 0.458. The molecule has 4 nitrogen and oxygen atoms in total. The Bertz CT molecular complexity index is 700.